The van der Waals surface area contributed by atoms with E-state index in [1.54, 1.807) is 0 Å². The van der Waals surface area contributed by atoms with Crippen LogP contribution >= 0.6 is 0 Å². The summed E-state index contributed by atoms with van der Waals surface area (Å²) in [4.78, 5) is 11.5. The normalized spacial score (nSPS) is 19.8. The zero-order valence-corrected chi connectivity index (χ0v) is 13.5. The average molecular weight is 316 g/mol. The first kappa shape index (κ1) is 14.9. The summed E-state index contributed by atoms with van der Waals surface area (Å²) in [5, 5.41) is 12.0. The summed E-state index contributed by atoms with van der Waals surface area (Å²) in [5.74, 6) is -0.406. The van der Waals surface area contributed by atoms with Gasteiger partial charge in [-0.1, -0.05) is 66.7 Å². The molecule has 0 saturated heterocycles. The second-order valence-electron chi connectivity index (χ2n) is 6.61. The molecule has 4 rings (SSSR count). The molecule has 3 aromatic carbocycles. The van der Waals surface area contributed by atoms with Gasteiger partial charge in [0.25, 0.3) is 0 Å². The molecule has 3 aromatic rings. The van der Waals surface area contributed by atoms with E-state index in [9.17, 15) is 9.90 Å². The lowest BCUT2D eigenvalue weighted by atomic mass is 9.70. The summed E-state index contributed by atoms with van der Waals surface area (Å²) in [7, 11) is 0. The maximum Gasteiger partial charge on any atom is 0.303 e. The Hall–Kier alpha value is -2.61. The SMILES string of the molecule is O=C(O)C[C@H]1c2ccc3ccccc3c2CC[C@@H]1c1ccccc1. The van der Waals surface area contributed by atoms with Crippen molar-refractivity contribution in [1.82, 2.24) is 0 Å². The zero-order valence-electron chi connectivity index (χ0n) is 13.5. The molecule has 0 radical (unpaired) electrons. The van der Waals surface area contributed by atoms with Gasteiger partial charge < -0.3 is 5.11 Å². The molecule has 0 spiro atoms. The van der Waals surface area contributed by atoms with Gasteiger partial charge in [0, 0.05) is 5.92 Å². The number of carboxylic acids is 1. The Kier molecular flexibility index (Phi) is 3.81. The molecule has 1 aliphatic carbocycles. The highest BCUT2D eigenvalue weighted by Gasteiger charge is 2.32. The van der Waals surface area contributed by atoms with Crippen LogP contribution in [0.25, 0.3) is 10.8 Å². The van der Waals surface area contributed by atoms with Crippen LogP contribution in [0.1, 0.15) is 41.4 Å². The monoisotopic (exact) mass is 316 g/mol. The minimum absolute atomic E-state index is 0.0401. The van der Waals surface area contributed by atoms with Crippen molar-refractivity contribution in [2.75, 3.05) is 0 Å². The first-order valence-corrected chi connectivity index (χ1v) is 8.51. The lowest BCUT2D eigenvalue weighted by Crippen LogP contribution is -2.22. The fourth-order valence-corrected chi connectivity index (χ4v) is 4.24. The second kappa shape index (κ2) is 6.12. The molecule has 0 unspecified atom stereocenters. The summed E-state index contributed by atoms with van der Waals surface area (Å²) >= 11 is 0. The van der Waals surface area contributed by atoms with E-state index in [4.69, 9.17) is 0 Å². The number of carbonyl (C=O) groups is 1. The van der Waals surface area contributed by atoms with Crippen LogP contribution in [-0.2, 0) is 11.2 Å². The third-order valence-electron chi connectivity index (χ3n) is 5.29. The summed E-state index contributed by atoms with van der Waals surface area (Å²) in [6, 6.07) is 23.1. The van der Waals surface area contributed by atoms with Crippen molar-refractivity contribution in [2.24, 2.45) is 0 Å². The maximum absolute atomic E-state index is 11.5. The van der Waals surface area contributed by atoms with Gasteiger partial charge in [0.15, 0.2) is 0 Å². The molecule has 120 valence electrons. The molecule has 0 fully saturated rings. The van der Waals surface area contributed by atoms with Crippen LogP contribution in [0.3, 0.4) is 0 Å². The number of fused-ring (bicyclic) bond motifs is 3. The third-order valence-corrected chi connectivity index (χ3v) is 5.29. The van der Waals surface area contributed by atoms with Crippen molar-refractivity contribution >= 4 is 16.7 Å². The second-order valence-corrected chi connectivity index (χ2v) is 6.61. The van der Waals surface area contributed by atoms with Crippen LogP contribution < -0.4 is 0 Å². The number of hydrogen-bond donors (Lipinski definition) is 1. The van der Waals surface area contributed by atoms with Crippen molar-refractivity contribution in [2.45, 2.75) is 31.1 Å². The Morgan fingerprint density at radius 3 is 2.50 bits per heavy atom. The molecule has 0 amide bonds. The Balaban J connectivity index is 1.85. The molecule has 0 aromatic heterocycles. The molecule has 24 heavy (non-hydrogen) atoms. The van der Waals surface area contributed by atoms with E-state index < -0.39 is 5.97 Å². The van der Waals surface area contributed by atoms with Crippen molar-refractivity contribution in [1.29, 1.82) is 0 Å². The fraction of sp³-hybridized carbons (Fsp3) is 0.227. The van der Waals surface area contributed by atoms with Crippen molar-refractivity contribution < 1.29 is 9.90 Å². The molecule has 1 N–H and O–H groups in total. The molecule has 0 saturated carbocycles. The highest BCUT2D eigenvalue weighted by Crippen LogP contribution is 2.46. The maximum atomic E-state index is 11.5. The summed E-state index contributed by atoms with van der Waals surface area (Å²) in [6.07, 6.45) is 2.19. The number of aliphatic carboxylic acids is 1. The first-order chi connectivity index (χ1) is 11.7. The van der Waals surface area contributed by atoms with Crippen molar-refractivity contribution in [3.63, 3.8) is 0 Å². The van der Waals surface area contributed by atoms with Gasteiger partial charge in [-0.2, -0.15) is 0 Å². The fourth-order valence-electron chi connectivity index (χ4n) is 4.24. The van der Waals surface area contributed by atoms with Crippen molar-refractivity contribution in [3.8, 4) is 0 Å². The van der Waals surface area contributed by atoms with E-state index in [-0.39, 0.29) is 18.3 Å². The van der Waals surface area contributed by atoms with Gasteiger partial charge in [0.05, 0.1) is 6.42 Å². The third kappa shape index (κ3) is 2.58. The van der Waals surface area contributed by atoms with Crippen molar-refractivity contribution in [3.05, 3.63) is 83.4 Å². The van der Waals surface area contributed by atoms with Crippen LogP contribution in [0.15, 0.2) is 66.7 Å². The van der Waals surface area contributed by atoms with Crippen LogP contribution in [0.2, 0.25) is 0 Å². The lowest BCUT2D eigenvalue weighted by Gasteiger charge is -2.34. The van der Waals surface area contributed by atoms with Gasteiger partial charge in [0.1, 0.15) is 0 Å². The molecule has 2 nitrogen and oxygen atoms in total. The zero-order chi connectivity index (χ0) is 16.5. The van der Waals surface area contributed by atoms with Gasteiger partial charge in [-0.05, 0) is 46.2 Å². The highest BCUT2D eigenvalue weighted by atomic mass is 16.4. The molecular weight excluding hydrogens is 296 g/mol. The molecular formula is C22H20O2. The molecule has 0 aliphatic heterocycles. The van der Waals surface area contributed by atoms with Gasteiger partial charge >= 0.3 is 5.97 Å². The van der Waals surface area contributed by atoms with Crippen LogP contribution in [0.4, 0.5) is 0 Å². The number of benzene rings is 3. The molecule has 2 atom stereocenters. The Labute approximate surface area is 141 Å². The van der Waals surface area contributed by atoms with Gasteiger partial charge in [-0.3, -0.25) is 4.79 Å². The lowest BCUT2D eigenvalue weighted by molar-refractivity contribution is -0.137. The molecule has 0 heterocycles. The number of aryl methyl sites for hydroxylation is 1. The van der Waals surface area contributed by atoms with E-state index in [0.717, 1.165) is 12.8 Å². The minimum Gasteiger partial charge on any atom is -0.481 e. The Bertz CT molecular complexity index is 883. The molecule has 2 heteroatoms. The van der Waals surface area contributed by atoms with Gasteiger partial charge in [-0.25, -0.2) is 0 Å². The van der Waals surface area contributed by atoms with E-state index in [1.165, 1.54) is 27.5 Å². The summed E-state index contributed by atoms with van der Waals surface area (Å²) in [5.41, 5.74) is 3.81. The van der Waals surface area contributed by atoms with Crippen LogP contribution in [-0.4, -0.2) is 11.1 Å². The van der Waals surface area contributed by atoms with E-state index >= 15 is 0 Å². The number of hydrogen-bond acceptors (Lipinski definition) is 1. The topological polar surface area (TPSA) is 37.3 Å². The first-order valence-electron chi connectivity index (χ1n) is 8.51. The standard InChI is InChI=1S/C22H20O2/c23-22(24)14-21-18(15-6-2-1-3-7-15)12-13-19-17-9-5-4-8-16(17)10-11-20(19)21/h1-11,18,21H,12-14H2,(H,23,24)/t18-,21-/m1/s1. The largest absolute Gasteiger partial charge is 0.481 e. The highest BCUT2D eigenvalue weighted by molar-refractivity contribution is 5.87. The van der Waals surface area contributed by atoms with E-state index in [0.29, 0.717) is 0 Å². The predicted octanol–water partition coefficient (Wildman–Crippen LogP) is 5.13. The van der Waals surface area contributed by atoms with Crippen LogP contribution in [0, 0.1) is 0 Å². The summed E-state index contributed by atoms with van der Waals surface area (Å²) < 4.78 is 0. The van der Waals surface area contributed by atoms with E-state index in [1.807, 2.05) is 18.2 Å². The summed E-state index contributed by atoms with van der Waals surface area (Å²) in [6.45, 7) is 0. The Morgan fingerprint density at radius 1 is 0.958 bits per heavy atom. The van der Waals surface area contributed by atoms with Crippen LogP contribution in [0.5, 0.6) is 0 Å². The number of rotatable bonds is 3. The average Bonchev–Trinajstić information content (AvgIpc) is 2.62. The molecule has 0 bridgehead atoms. The predicted molar refractivity (Wildman–Crippen MR) is 96.4 cm³/mol. The van der Waals surface area contributed by atoms with Gasteiger partial charge in [-0.15, -0.1) is 0 Å². The van der Waals surface area contributed by atoms with E-state index in [2.05, 4.69) is 48.5 Å². The smallest absolute Gasteiger partial charge is 0.303 e. The van der Waals surface area contributed by atoms with Gasteiger partial charge in [0.2, 0.25) is 0 Å². The number of carboxylic acid groups (broad SMARTS) is 1. The Morgan fingerprint density at radius 2 is 1.71 bits per heavy atom. The quantitative estimate of drug-likeness (QED) is 0.727. The minimum atomic E-state index is -0.720. The molecule has 1 aliphatic rings.